The average Bonchev–Trinajstić information content (AvgIpc) is 3.06. The number of hydrogen-bond donors (Lipinski definition) is 1. The molecular formula is C20H9BrCl3F3N4O. The lowest BCUT2D eigenvalue weighted by atomic mass is 10.1. The van der Waals surface area contributed by atoms with Crippen LogP contribution in [0, 0.1) is 0 Å². The minimum absolute atomic E-state index is 0.0141. The number of carbonyl (C=O) groups excluding carboxylic acids is 1. The van der Waals surface area contributed by atoms with Crippen molar-refractivity contribution in [2.24, 2.45) is 0 Å². The summed E-state index contributed by atoms with van der Waals surface area (Å²) in [7, 11) is 0. The third kappa shape index (κ3) is 4.30. The lowest BCUT2D eigenvalue weighted by Gasteiger charge is -2.11. The summed E-state index contributed by atoms with van der Waals surface area (Å²) in [4.78, 5) is 17.0. The van der Waals surface area contributed by atoms with Crippen molar-refractivity contribution in [3.63, 3.8) is 0 Å². The predicted octanol–water partition coefficient (Wildman–Crippen LogP) is 7.39. The molecule has 5 nitrogen and oxygen atoms in total. The van der Waals surface area contributed by atoms with Crippen LogP contribution in [-0.4, -0.2) is 20.5 Å². The van der Waals surface area contributed by atoms with E-state index in [4.69, 9.17) is 34.8 Å². The van der Waals surface area contributed by atoms with Crippen LogP contribution in [0.4, 0.5) is 18.9 Å². The van der Waals surface area contributed by atoms with Gasteiger partial charge in [0.15, 0.2) is 17.0 Å². The van der Waals surface area contributed by atoms with Crippen LogP contribution in [0.2, 0.25) is 15.1 Å². The molecule has 0 aliphatic heterocycles. The number of fused-ring (bicyclic) bond motifs is 1. The fraction of sp³-hybridized carbons (Fsp3) is 0.0500. The number of aromatic nitrogens is 3. The quantitative estimate of drug-likeness (QED) is 0.282. The first-order valence-corrected chi connectivity index (χ1v) is 10.7. The lowest BCUT2D eigenvalue weighted by molar-refractivity contribution is -0.142. The number of nitrogens with one attached hydrogen (secondary N) is 1. The average molecular weight is 565 g/mol. The van der Waals surface area contributed by atoms with E-state index in [9.17, 15) is 18.0 Å². The maximum absolute atomic E-state index is 13.8. The van der Waals surface area contributed by atoms with Crippen molar-refractivity contribution in [2.75, 3.05) is 5.32 Å². The molecule has 4 rings (SSSR count). The summed E-state index contributed by atoms with van der Waals surface area (Å²) in [6.45, 7) is 0. The van der Waals surface area contributed by atoms with Crippen LogP contribution < -0.4 is 5.32 Å². The van der Waals surface area contributed by atoms with Gasteiger partial charge in [-0.15, -0.1) is 0 Å². The normalized spacial score (nSPS) is 11.7. The van der Waals surface area contributed by atoms with Gasteiger partial charge in [-0.1, -0.05) is 68.9 Å². The standard InChI is InChI=1S/C20H9BrCl3F3N4O/c21-10-6-4-9(5-7-10)13-8-14(20(25,26)27)31-18(28-13)15(24)17(30-31)19(32)29-16-11(22)2-1-3-12(16)23/h1-8H,(H,29,32). The Bertz CT molecular complexity index is 1340. The number of anilines is 1. The number of benzene rings is 2. The molecule has 1 N–H and O–H groups in total. The van der Waals surface area contributed by atoms with E-state index in [2.05, 4.69) is 31.3 Å². The van der Waals surface area contributed by atoms with E-state index in [0.717, 1.165) is 10.5 Å². The van der Waals surface area contributed by atoms with Crippen molar-refractivity contribution >= 4 is 68.0 Å². The van der Waals surface area contributed by atoms with Crippen LogP contribution in [-0.2, 0) is 6.18 Å². The van der Waals surface area contributed by atoms with Gasteiger partial charge in [-0.25, -0.2) is 9.50 Å². The number of para-hydroxylation sites is 1. The predicted molar refractivity (Wildman–Crippen MR) is 121 cm³/mol. The smallest absolute Gasteiger partial charge is 0.318 e. The monoisotopic (exact) mass is 562 g/mol. The highest BCUT2D eigenvalue weighted by Gasteiger charge is 2.36. The number of hydrogen-bond acceptors (Lipinski definition) is 3. The number of nitrogens with zero attached hydrogens (tertiary/aromatic N) is 3. The molecular weight excluding hydrogens is 556 g/mol. The van der Waals surface area contributed by atoms with Crippen molar-refractivity contribution in [3.8, 4) is 11.3 Å². The first-order chi connectivity index (χ1) is 15.1. The maximum atomic E-state index is 13.8. The second-order valence-corrected chi connectivity index (χ2v) is 8.59. The summed E-state index contributed by atoms with van der Waals surface area (Å²) >= 11 is 21.6. The van der Waals surface area contributed by atoms with Crippen molar-refractivity contribution in [1.29, 1.82) is 0 Å². The summed E-state index contributed by atoms with van der Waals surface area (Å²) in [6, 6.07) is 11.9. The molecule has 0 fully saturated rings. The van der Waals surface area contributed by atoms with Crippen LogP contribution in [0.3, 0.4) is 0 Å². The zero-order valence-electron chi connectivity index (χ0n) is 15.5. The Morgan fingerprint density at radius 2 is 1.66 bits per heavy atom. The first kappa shape index (κ1) is 22.8. The Hall–Kier alpha value is -2.33. The number of carbonyl (C=O) groups is 1. The second-order valence-electron chi connectivity index (χ2n) is 6.48. The molecule has 0 saturated carbocycles. The Labute approximate surface area is 202 Å². The van der Waals surface area contributed by atoms with Crippen LogP contribution in [0.1, 0.15) is 16.2 Å². The lowest BCUT2D eigenvalue weighted by Crippen LogP contribution is -2.16. The van der Waals surface area contributed by atoms with Crippen molar-refractivity contribution in [2.45, 2.75) is 6.18 Å². The van der Waals surface area contributed by atoms with Crippen LogP contribution >= 0.6 is 50.7 Å². The van der Waals surface area contributed by atoms with Crippen molar-refractivity contribution < 1.29 is 18.0 Å². The summed E-state index contributed by atoms with van der Waals surface area (Å²) in [6.07, 6.45) is -4.79. The Balaban J connectivity index is 1.86. The molecule has 2 aromatic heterocycles. The van der Waals surface area contributed by atoms with Crippen LogP contribution in [0.5, 0.6) is 0 Å². The van der Waals surface area contributed by atoms with E-state index in [1.54, 1.807) is 30.3 Å². The first-order valence-electron chi connectivity index (χ1n) is 8.74. The maximum Gasteiger partial charge on any atom is 0.433 e. The molecule has 4 aromatic rings. The highest BCUT2D eigenvalue weighted by Crippen LogP contribution is 2.36. The molecule has 0 bridgehead atoms. The SMILES string of the molecule is O=C(Nc1c(Cl)cccc1Cl)c1nn2c(C(F)(F)F)cc(-c3ccc(Br)cc3)nc2c1Cl. The van der Waals surface area contributed by atoms with Gasteiger partial charge < -0.3 is 5.32 Å². The zero-order valence-corrected chi connectivity index (χ0v) is 19.4. The largest absolute Gasteiger partial charge is 0.433 e. The highest BCUT2D eigenvalue weighted by atomic mass is 79.9. The summed E-state index contributed by atoms with van der Waals surface area (Å²) in [5, 5.41) is 6.13. The third-order valence-electron chi connectivity index (χ3n) is 4.38. The van der Waals surface area contributed by atoms with E-state index >= 15 is 0 Å². The van der Waals surface area contributed by atoms with Gasteiger partial charge in [-0.2, -0.15) is 18.3 Å². The fourth-order valence-electron chi connectivity index (χ4n) is 2.90. The summed E-state index contributed by atoms with van der Waals surface area (Å²) in [5.41, 5.74) is -1.42. The number of alkyl halides is 3. The van der Waals surface area contributed by atoms with Gasteiger partial charge in [-0.3, -0.25) is 4.79 Å². The van der Waals surface area contributed by atoms with Gasteiger partial charge in [-0.05, 0) is 30.3 Å². The number of rotatable bonds is 3. The molecule has 32 heavy (non-hydrogen) atoms. The Morgan fingerprint density at radius 3 is 2.25 bits per heavy atom. The number of amides is 1. The van der Waals surface area contributed by atoms with Crippen LogP contribution in [0.15, 0.2) is 53.0 Å². The van der Waals surface area contributed by atoms with Gasteiger partial charge in [0.25, 0.3) is 5.91 Å². The molecule has 1 amide bonds. The van der Waals surface area contributed by atoms with Crippen molar-refractivity contribution in [1.82, 2.24) is 14.6 Å². The minimum Gasteiger partial charge on any atom is -0.318 e. The van der Waals surface area contributed by atoms with E-state index in [1.807, 2.05) is 0 Å². The van der Waals surface area contributed by atoms with E-state index < -0.39 is 23.5 Å². The van der Waals surface area contributed by atoms with Gasteiger partial charge in [0.2, 0.25) is 0 Å². The van der Waals surface area contributed by atoms with Gasteiger partial charge in [0.1, 0.15) is 5.02 Å². The topological polar surface area (TPSA) is 59.3 Å². The summed E-state index contributed by atoms with van der Waals surface area (Å²) in [5.74, 6) is -0.895. The fourth-order valence-corrected chi connectivity index (χ4v) is 3.90. The molecule has 164 valence electrons. The molecule has 0 aliphatic rings. The van der Waals surface area contributed by atoms with Gasteiger partial charge in [0.05, 0.1) is 21.4 Å². The summed E-state index contributed by atoms with van der Waals surface area (Å²) < 4.78 is 42.6. The number of halogens is 7. The molecule has 2 aromatic carbocycles. The highest BCUT2D eigenvalue weighted by molar-refractivity contribution is 9.10. The molecule has 0 unspecified atom stereocenters. The van der Waals surface area contributed by atoms with Crippen molar-refractivity contribution in [3.05, 3.63) is 79.5 Å². The molecule has 12 heteroatoms. The van der Waals surface area contributed by atoms with Gasteiger partial charge in [0, 0.05) is 10.0 Å². The Kier molecular flexibility index (Phi) is 6.10. The molecule has 0 atom stereocenters. The molecule has 0 spiro atoms. The Morgan fingerprint density at radius 1 is 1.03 bits per heavy atom. The van der Waals surface area contributed by atoms with Crippen LogP contribution in [0.25, 0.3) is 16.9 Å². The molecule has 0 saturated heterocycles. The molecule has 0 aliphatic carbocycles. The van der Waals surface area contributed by atoms with Gasteiger partial charge >= 0.3 is 6.18 Å². The second kappa shape index (κ2) is 8.55. The van der Waals surface area contributed by atoms with E-state index in [0.29, 0.717) is 10.1 Å². The molecule has 2 heterocycles. The molecule has 0 radical (unpaired) electrons. The zero-order chi connectivity index (χ0) is 23.2. The minimum atomic E-state index is -4.79. The van der Waals surface area contributed by atoms with E-state index in [1.165, 1.54) is 12.1 Å². The third-order valence-corrected chi connectivity index (χ3v) is 5.89. The van der Waals surface area contributed by atoms with E-state index in [-0.39, 0.29) is 32.1 Å².